The Labute approximate surface area is 109 Å². The van der Waals surface area contributed by atoms with E-state index in [4.69, 9.17) is 5.11 Å². The molecule has 2 rings (SSSR count). The summed E-state index contributed by atoms with van der Waals surface area (Å²) in [5.74, 6) is 0. The van der Waals surface area contributed by atoms with Gasteiger partial charge in [-0.25, -0.2) is 18.1 Å². The van der Waals surface area contributed by atoms with Crippen molar-refractivity contribution in [1.29, 1.82) is 0 Å². The van der Waals surface area contributed by atoms with Crippen LogP contribution in [0.5, 0.6) is 0 Å². The van der Waals surface area contributed by atoms with Crippen LogP contribution in [0.1, 0.15) is 15.4 Å². The van der Waals surface area contributed by atoms with Crippen molar-refractivity contribution in [2.45, 2.75) is 25.0 Å². The van der Waals surface area contributed by atoms with Gasteiger partial charge in [0, 0.05) is 21.6 Å². The number of imidazole rings is 1. The van der Waals surface area contributed by atoms with E-state index < -0.39 is 10.0 Å². The van der Waals surface area contributed by atoms with Crippen LogP contribution in [0.2, 0.25) is 0 Å². The zero-order chi connectivity index (χ0) is 13.2. The summed E-state index contributed by atoms with van der Waals surface area (Å²) in [4.78, 5) is 8.14. The third-order valence-corrected chi connectivity index (χ3v) is 5.07. The molecule has 3 N–H and O–H groups in total. The normalized spacial score (nSPS) is 11.9. The van der Waals surface area contributed by atoms with Gasteiger partial charge in [0.2, 0.25) is 10.0 Å². The van der Waals surface area contributed by atoms with Crippen LogP contribution in [-0.2, 0) is 23.2 Å². The van der Waals surface area contributed by atoms with Crippen LogP contribution in [0.4, 0.5) is 0 Å². The first kappa shape index (κ1) is 13.2. The van der Waals surface area contributed by atoms with Gasteiger partial charge in [-0.1, -0.05) is 0 Å². The monoisotopic (exact) mass is 287 g/mol. The molecule has 0 radical (unpaired) electrons. The van der Waals surface area contributed by atoms with E-state index in [2.05, 4.69) is 14.7 Å². The highest BCUT2D eigenvalue weighted by Gasteiger charge is 2.19. The minimum absolute atomic E-state index is 0.151. The number of nitrogens with one attached hydrogen (secondary N) is 2. The molecular weight excluding hydrogens is 274 g/mol. The number of aliphatic hydroxyl groups is 1. The van der Waals surface area contributed by atoms with Crippen molar-refractivity contribution in [3.63, 3.8) is 0 Å². The fourth-order valence-electron chi connectivity index (χ4n) is 1.50. The van der Waals surface area contributed by atoms with Crippen molar-refractivity contribution in [3.05, 3.63) is 34.0 Å². The van der Waals surface area contributed by atoms with Gasteiger partial charge in [-0.3, -0.25) is 0 Å². The first-order valence-corrected chi connectivity index (χ1v) is 7.50. The smallest absolute Gasteiger partial charge is 0.242 e. The van der Waals surface area contributed by atoms with Crippen molar-refractivity contribution < 1.29 is 13.5 Å². The Bertz CT molecular complexity index is 617. The maximum atomic E-state index is 12.1. The minimum atomic E-state index is -3.55. The molecule has 0 aliphatic heterocycles. The van der Waals surface area contributed by atoms with E-state index in [0.29, 0.717) is 15.4 Å². The Hall–Kier alpha value is -1.22. The molecule has 0 aliphatic rings. The predicted molar refractivity (Wildman–Crippen MR) is 67.6 cm³/mol. The van der Waals surface area contributed by atoms with Crippen molar-refractivity contribution in [3.8, 4) is 0 Å². The number of thiophene rings is 1. The summed E-state index contributed by atoms with van der Waals surface area (Å²) in [6, 6.07) is 1.50. The molecule has 6 nitrogen and oxygen atoms in total. The summed E-state index contributed by atoms with van der Waals surface area (Å²) in [7, 11) is -3.55. The van der Waals surface area contributed by atoms with Gasteiger partial charge in [0.05, 0.1) is 24.4 Å². The van der Waals surface area contributed by atoms with E-state index in [1.807, 2.05) is 0 Å². The van der Waals surface area contributed by atoms with Crippen molar-refractivity contribution >= 4 is 21.4 Å². The lowest BCUT2D eigenvalue weighted by molar-refractivity contribution is 0.285. The highest BCUT2D eigenvalue weighted by atomic mass is 32.2. The maximum Gasteiger partial charge on any atom is 0.242 e. The summed E-state index contributed by atoms with van der Waals surface area (Å²) in [6.07, 6.45) is 3.05. The van der Waals surface area contributed by atoms with Crippen LogP contribution in [0.25, 0.3) is 0 Å². The Morgan fingerprint density at radius 1 is 1.56 bits per heavy atom. The lowest BCUT2D eigenvalue weighted by Crippen LogP contribution is -2.23. The number of aliphatic hydroxyl groups excluding tert-OH is 1. The topological polar surface area (TPSA) is 95.1 Å². The van der Waals surface area contributed by atoms with Gasteiger partial charge in [-0.05, 0) is 13.0 Å². The number of rotatable bonds is 5. The first-order valence-electron chi connectivity index (χ1n) is 5.20. The van der Waals surface area contributed by atoms with Crippen LogP contribution in [0.3, 0.4) is 0 Å². The average Bonchev–Trinajstić information content (AvgIpc) is 2.95. The molecule has 0 amide bonds. The number of sulfonamides is 1. The fraction of sp³-hybridized carbons (Fsp3) is 0.300. The molecule has 0 unspecified atom stereocenters. The fourth-order valence-corrected chi connectivity index (χ4v) is 4.00. The minimum Gasteiger partial charge on any atom is -0.391 e. The average molecular weight is 287 g/mol. The summed E-state index contributed by atoms with van der Waals surface area (Å²) >= 11 is 1.28. The van der Waals surface area contributed by atoms with Gasteiger partial charge in [-0.15, -0.1) is 11.3 Å². The molecule has 2 aromatic heterocycles. The molecule has 0 fully saturated rings. The third-order valence-electron chi connectivity index (χ3n) is 2.38. The van der Waals surface area contributed by atoms with E-state index in [-0.39, 0.29) is 18.0 Å². The summed E-state index contributed by atoms with van der Waals surface area (Å²) < 4.78 is 26.6. The van der Waals surface area contributed by atoms with Crippen molar-refractivity contribution in [1.82, 2.24) is 14.7 Å². The molecule has 0 saturated carbocycles. The van der Waals surface area contributed by atoms with E-state index in [9.17, 15) is 8.42 Å². The van der Waals surface area contributed by atoms with Gasteiger partial charge in [0.25, 0.3) is 0 Å². The van der Waals surface area contributed by atoms with Crippen LogP contribution in [0.15, 0.2) is 23.5 Å². The molecule has 8 heteroatoms. The molecule has 0 bridgehead atoms. The quantitative estimate of drug-likeness (QED) is 0.756. The summed E-state index contributed by atoms with van der Waals surface area (Å²) in [6.45, 7) is 1.72. The van der Waals surface area contributed by atoms with Gasteiger partial charge < -0.3 is 10.1 Å². The second-order valence-electron chi connectivity index (χ2n) is 3.69. The summed E-state index contributed by atoms with van der Waals surface area (Å²) in [5.41, 5.74) is 0.689. The van der Waals surface area contributed by atoms with Crippen LogP contribution in [-0.4, -0.2) is 23.5 Å². The second kappa shape index (κ2) is 5.19. The van der Waals surface area contributed by atoms with Crippen molar-refractivity contribution in [2.75, 3.05) is 0 Å². The Morgan fingerprint density at radius 2 is 2.33 bits per heavy atom. The standard InChI is InChI=1S/C10H13N3O3S2/c1-7-10(2-9(5-14)17-7)18(15,16)13-4-8-3-11-6-12-8/h2-3,6,13-14H,4-5H2,1H3,(H,11,12). The molecule has 0 aromatic carbocycles. The number of aromatic nitrogens is 2. The molecule has 0 saturated heterocycles. The van der Waals surface area contributed by atoms with Crippen LogP contribution < -0.4 is 4.72 Å². The molecule has 2 aromatic rings. The Kier molecular flexibility index (Phi) is 3.81. The highest BCUT2D eigenvalue weighted by molar-refractivity contribution is 7.89. The lowest BCUT2D eigenvalue weighted by atomic mass is 10.4. The number of aromatic amines is 1. The zero-order valence-corrected chi connectivity index (χ0v) is 11.3. The molecule has 98 valence electrons. The molecule has 0 aliphatic carbocycles. The van der Waals surface area contributed by atoms with Gasteiger partial charge in [0.1, 0.15) is 0 Å². The number of H-pyrrole nitrogens is 1. The third kappa shape index (κ3) is 2.78. The maximum absolute atomic E-state index is 12.1. The lowest BCUT2D eigenvalue weighted by Gasteiger charge is -2.04. The number of aryl methyl sites for hydroxylation is 1. The predicted octanol–water partition coefficient (Wildman–Crippen LogP) is 0.750. The van der Waals surface area contributed by atoms with Crippen LogP contribution >= 0.6 is 11.3 Å². The van der Waals surface area contributed by atoms with E-state index in [1.165, 1.54) is 23.7 Å². The van der Waals surface area contributed by atoms with Crippen LogP contribution in [0, 0.1) is 6.92 Å². The summed E-state index contributed by atoms with van der Waals surface area (Å²) in [5, 5.41) is 9.00. The SMILES string of the molecule is Cc1sc(CO)cc1S(=O)(=O)NCc1cnc[nH]1. The molecule has 0 atom stereocenters. The zero-order valence-electron chi connectivity index (χ0n) is 9.67. The molecule has 2 heterocycles. The number of hydrogen-bond acceptors (Lipinski definition) is 5. The molecular formula is C10H13N3O3S2. The Balaban J connectivity index is 2.17. The Morgan fingerprint density at radius 3 is 2.89 bits per heavy atom. The van der Waals surface area contributed by atoms with Gasteiger partial charge in [-0.2, -0.15) is 0 Å². The molecule has 18 heavy (non-hydrogen) atoms. The highest BCUT2D eigenvalue weighted by Crippen LogP contribution is 2.25. The number of hydrogen-bond donors (Lipinski definition) is 3. The molecule has 0 spiro atoms. The largest absolute Gasteiger partial charge is 0.391 e. The van der Waals surface area contributed by atoms with Gasteiger partial charge in [0.15, 0.2) is 0 Å². The second-order valence-corrected chi connectivity index (χ2v) is 6.77. The van der Waals surface area contributed by atoms with E-state index >= 15 is 0 Å². The number of nitrogens with zero attached hydrogens (tertiary/aromatic N) is 1. The van der Waals surface area contributed by atoms with Crippen molar-refractivity contribution in [2.24, 2.45) is 0 Å². The van der Waals surface area contributed by atoms with E-state index in [1.54, 1.807) is 13.1 Å². The van der Waals surface area contributed by atoms with Gasteiger partial charge >= 0.3 is 0 Å². The van der Waals surface area contributed by atoms with E-state index in [0.717, 1.165) is 0 Å². The first-order chi connectivity index (χ1) is 8.53.